The van der Waals surface area contributed by atoms with E-state index in [4.69, 9.17) is 24.5 Å². The number of ether oxygens (including phenoxy) is 3. The van der Waals surface area contributed by atoms with Crippen molar-refractivity contribution in [3.63, 3.8) is 0 Å². The number of hydrogen-bond acceptors (Lipinski definition) is 13. The van der Waals surface area contributed by atoms with Crippen LogP contribution in [0.25, 0.3) is 11.2 Å². The van der Waals surface area contributed by atoms with Gasteiger partial charge in [-0.3, -0.25) is 9.09 Å². The second kappa shape index (κ2) is 8.75. The van der Waals surface area contributed by atoms with Gasteiger partial charge < -0.3 is 50.2 Å². The number of imidazole rings is 1. The minimum atomic E-state index is -5.23. The van der Waals surface area contributed by atoms with Gasteiger partial charge in [-0.05, 0) is 0 Å². The number of nitrogens with two attached hydrogens (primary N) is 1. The van der Waals surface area contributed by atoms with E-state index in [0.29, 0.717) is 0 Å². The minimum Gasteiger partial charge on any atom is -0.394 e. The molecule has 2 aliphatic rings. The molecule has 2 fully saturated rings. The van der Waals surface area contributed by atoms with E-state index in [-0.39, 0.29) is 17.0 Å². The van der Waals surface area contributed by atoms with Gasteiger partial charge in [-0.15, -0.1) is 0 Å². The van der Waals surface area contributed by atoms with Crippen molar-refractivity contribution in [2.75, 3.05) is 26.1 Å². The molecule has 0 spiro atoms. The summed E-state index contributed by atoms with van der Waals surface area (Å²) >= 11 is 0. The molecule has 2 saturated heterocycles. The van der Waals surface area contributed by atoms with Crippen LogP contribution in [0.15, 0.2) is 12.7 Å². The van der Waals surface area contributed by atoms with Gasteiger partial charge in [0.25, 0.3) is 0 Å². The zero-order chi connectivity index (χ0) is 24.1. The van der Waals surface area contributed by atoms with E-state index in [9.17, 15) is 34.8 Å². The third-order valence-corrected chi connectivity index (χ3v) is 6.31. The van der Waals surface area contributed by atoms with Gasteiger partial charge in [0.2, 0.25) is 5.72 Å². The highest BCUT2D eigenvalue weighted by Crippen LogP contribution is 2.52. The van der Waals surface area contributed by atoms with Crippen LogP contribution >= 0.6 is 7.82 Å². The van der Waals surface area contributed by atoms with Crippen molar-refractivity contribution in [2.24, 2.45) is 0 Å². The number of methoxy groups -OCH3 is 1. The molecule has 2 aromatic rings. The van der Waals surface area contributed by atoms with Crippen LogP contribution in [0.5, 0.6) is 0 Å². The summed E-state index contributed by atoms with van der Waals surface area (Å²) in [5.41, 5.74) is 3.74. The predicted molar refractivity (Wildman–Crippen MR) is 105 cm³/mol. The van der Waals surface area contributed by atoms with E-state index in [0.717, 1.165) is 17.2 Å². The molecule has 0 amide bonds. The monoisotopic (exact) mass is 493 g/mol. The topological polar surface area (TPSA) is 245 Å². The summed E-state index contributed by atoms with van der Waals surface area (Å²) in [6.07, 6.45) is -8.23. The molecule has 0 aliphatic carbocycles. The fraction of sp³-hybridized carbons (Fsp3) is 0.688. The van der Waals surface area contributed by atoms with Crippen LogP contribution in [-0.2, 0) is 29.0 Å². The maximum atomic E-state index is 11.9. The summed E-state index contributed by atoms with van der Waals surface area (Å²) in [6.45, 7) is -1.37. The van der Waals surface area contributed by atoms with Gasteiger partial charge in [0.1, 0.15) is 54.6 Å². The largest absolute Gasteiger partial charge is 0.470 e. The Hall–Kier alpha value is -1.82. The molecule has 33 heavy (non-hydrogen) atoms. The summed E-state index contributed by atoms with van der Waals surface area (Å²) < 4.78 is 35.2. The molecule has 0 aromatic carbocycles. The lowest BCUT2D eigenvalue weighted by atomic mass is 9.92. The van der Waals surface area contributed by atoms with Crippen molar-refractivity contribution >= 4 is 24.8 Å². The first-order valence-electron chi connectivity index (χ1n) is 9.70. The summed E-state index contributed by atoms with van der Waals surface area (Å²) in [7, 11) is -4.03. The van der Waals surface area contributed by atoms with E-state index >= 15 is 0 Å². The number of aliphatic hydroxyl groups excluding tert-OH is 4. The van der Waals surface area contributed by atoms with E-state index < -0.39 is 69.5 Å². The fourth-order valence-electron chi connectivity index (χ4n) is 4.42. The molecule has 8 N–H and O–H groups in total. The first-order chi connectivity index (χ1) is 15.6. The van der Waals surface area contributed by atoms with Gasteiger partial charge in [-0.25, -0.2) is 19.5 Å². The number of aromatic nitrogens is 4. The second-order valence-corrected chi connectivity index (χ2v) is 8.80. The van der Waals surface area contributed by atoms with Crippen LogP contribution in [0.2, 0.25) is 0 Å². The Morgan fingerprint density at radius 3 is 2.45 bits per heavy atom. The van der Waals surface area contributed by atoms with E-state index in [1.165, 1.54) is 7.11 Å². The lowest BCUT2D eigenvalue weighted by molar-refractivity contribution is -0.229. The summed E-state index contributed by atoms with van der Waals surface area (Å²) in [5.74, 6) is -0.0255. The summed E-state index contributed by atoms with van der Waals surface area (Å²) in [5, 5.41) is 40.7. The SMILES string of the molecule is CO[C@H]1[C@@H](OP(=O)(O)O)[C@](C2O[C@H](CO)[C@H](O)[C@H]2O)(n2cnc3c(N)ncnc32)O[C@@H]1CO. The number of phosphoric ester groups is 1. The number of rotatable bonds is 7. The first-order valence-corrected chi connectivity index (χ1v) is 11.2. The van der Waals surface area contributed by atoms with Gasteiger partial charge in [0, 0.05) is 7.11 Å². The average Bonchev–Trinajstić information content (AvgIpc) is 3.41. The van der Waals surface area contributed by atoms with E-state index in [1.54, 1.807) is 0 Å². The summed E-state index contributed by atoms with van der Waals surface area (Å²) in [6, 6.07) is 0. The number of hydrogen-bond donors (Lipinski definition) is 7. The average molecular weight is 493 g/mol. The lowest BCUT2D eigenvalue weighted by Crippen LogP contribution is -2.58. The maximum Gasteiger partial charge on any atom is 0.470 e. The maximum absolute atomic E-state index is 11.9. The van der Waals surface area contributed by atoms with Crippen molar-refractivity contribution in [3.8, 4) is 0 Å². The molecule has 184 valence electrons. The molecule has 1 unspecified atom stereocenters. The Kier molecular flexibility index (Phi) is 6.45. The Labute approximate surface area is 185 Å². The van der Waals surface area contributed by atoms with Gasteiger partial charge >= 0.3 is 7.82 Å². The number of anilines is 1. The molecular formula is C16H24N5O11P. The third-order valence-electron chi connectivity index (χ3n) is 5.80. The number of nitrogen functional groups attached to an aromatic ring is 1. The molecule has 0 saturated carbocycles. The predicted octanol–water partition coefficient (Wildman–Crippen LogP) is -3.57. The van der Waals surface area contributed by atoms with Crippen molar-refractivity contribution in [1.29, 1.82) is 0 Å². The van der Waals surface area contributed by atoms with Crippen molar-refractivity contribution in [3.05, 3.63) is 12.7 Å². The highest BCUT2D eigenvalue weighted by Gasteiger charge is 2.68. The quantitative estimate of drug-likeness (QED) is 0.184. The Balaban J connectivity index is 2.00. The van der Waals surface area contributed by atoms with Gasteiger partial charge in [-0.2, -0.15) is 0 Å². The second-order valence-electron chi connectivity index (χ2n) is 7.61. The Bertz CT molecular complexity index is 1050. The van der Waals surface area contributed by atoms with Crippen LogP contribution in [0.3, 0.4) is 0 Å². The zero-order valence-corrected chi connectivity index (χ0v) is 18.0. The Morgan fingerprint density at radius 2 is 1.88 bits per heavy atom. The fourth-order valence-corrected chi connectivity index (χ4v) is 4.98. The molecule has 16 nitrogen and oxygen atoms in total. The molecule has 0 bridgehead atoms. The van der Waals surface area contributed by atoms with Crippen LogP contribution in [0.4, 0.5) is 5.82 Å². The highest BCUT2D eigenvalue weighted by molar-refractivity contribution is 7.46. The van der Waals surface area contributed by atoms with E-state index in [1.807, 2.05) is 0 Å². The normalized spacial score (nSPS) is 37.2. The number of fused-ring (bicyclic) bond motifs is 1. The van der Waals surface area contributed by atoms with Crippen LogP contribution in [0.1, 0.15) is 0 Å². The molecule has 17 heteroatoms. The van der Waals surface area contributed by atoms with Crippen LogP contribution < -0.4 is 5.73 Å². The molecular weight excluding hydrogens is 469 g/mol. The highest BCUT2D eigenvalue weighted by atomic mass is 31.2. The molecule has 8 atom stereocenters. The summed E-state index contributed by atoms with van der Waals surface area (Å²) in [4.78, 5) is 31.4. The molecule has 0 radical (unpaired) electrons. The molecule has 4 heterocycles. The van der Waals surface area contributed by atoms with Crippen molar-refractivity contribution < 1.29 is 53.5 Å². The molecule has 2 aliphatic heterocycles. The van der Waals surface area contributed by atoms with Crippen molar-refractivity contribution in [2.45, 2.75) is 48.5 Å². The van der Waals surface area contributed by atoms with Crippen LogP contribution in [0, 0.1) is 0 Å². The number of nitrogens with zero attached hydrogens (tertiary/aromatic N) is 4. The van der Waals surface area contributed by atoms with Gasteiger partial charge in [0.05, 0.1) is 19.5 Å². The number of aliphatic hydroxyl groups is 4. The lowest BCUT2D eigenvalue weighted by Gasteiger charge is -2.41. The standard InChI is InChI=1S/C16H24N5O11P/c1-29-11-7(3-23)31-16(13(11)32-33(26,27)28,12-10(25)9(24)6(2-22)30-12)21-5-20-8-14(17)18-4-19-15(8)21/h4-7,9-13,22-25H,2-3H2,1H3,(H2,17,18,19)(H2,26,27,28)/t6-,7-,9+,10-,11-,12?,13-,16-/m1/s1. The first kappa shape index (κ1) is 24.3. The zero-order valence-electron chi connectivity index (χ0n) is 17.1. The number of phosphoric acid groups is 1. The molecule has 4 rings (SSSR count). The van der Waals surface area contributed by atoms with Crippen molar-refractivity contribution in [1.82, 2.24) is 19.5 Å². The third kappa shape index (κ3) is 3.82. The van der Waals surface area contributed by atoms with Gasteiger partial charge in [-0.1, -0.05) is 0 Å². The minimum absolute atomic E-state index is 0.00740. The smallest absolute Gasteiger partial charge is 0.394 e. The van der Waals surface area contributed by atoms with Crippen LogP contribution in [-0.4, -0.2) is 113 Å². The Morgan fingerprint density at radius 1 is 1.18 bits per heavy atom. The van der Waals surface area contributed by atoms with Gasteiger partial charge in [0.15, 0.2) is 11.5 Å². The van der Waals surface area contributed by atoms with E-state index in [2.05, 4.69) is 15.0 Å². The molecule has 2 aromatic heterocycles.